The third-order valence-electron chi connectivity index (χ3n) is 5.30. The van der Waals surface area contributed by atoms with Gasteiger partial charge in [0.1, 0.15) is 11.5 Å². The van der Waals surface area contributed by atoms with Crippen molar-refractivity contribution < 1.29 is 32.2 Å². The number of likely N-dealkylation sites (N-methyl/N-ethyl adjacent to an activating group) is 1. The van der Waals surface area contributed by atoms with E-state index in [2.05, 4.69) is 4.74 Å². The van der Waals surface area contributed by atoms with Crippen LogP contribution < -0.4 is 9.47 Å². The maximum atomic E-state index is 13.5. The molecule has 1 amide bonds. The van der Waals surface area contributed by atoms with Crippen molar-refractivity contribution in [2.75, 3.05) is 27.4 Å². The van der Waals surface area contributed by atoms with Crippen LogP contribution in [-0.4, -0.2) is 44.5 Å². The minimum atomic E-state index is -4.76. The quantitative estimate of drug-likeness (QED) is 0.695. The number of halogens is 3. The zero-order valence-electron chi connectivity index (χ0n) is 16.9. The average Bonchev–Trinajstić information content (AvgIpc) is 2.72. The first-order valence-electron chi connectivity index (χ1n) is 9.56. The fourth-order valence-corrected chi connectivity index (χ4v) is 3.81. The van der Waals surface area contributed by atoms with Gasteiger partial charge < -0.3 is 19.1 Å². The predicted octanol–water partition coefficient (Wildman–Crippen LogP) is 4.30. The number of alkyl halides is 3. The topological polar surface area (TPSA) is 48.0 Å². The molecule has 0 radical (unpaired) electrons. The number of amides is 1. The summed E-state index contributed by atoms with van der Waals surface area (Å²) in [5.41, 5.74) is 0.668. The summed E-state index contributed by atoms with van der Waals surface area (Å²) < 4.78 is 52.1. The Hall–Kier alpha value is -2.74. The van der Waals surface area contributed by atoms with E-state index in [1.807, 2.05) is 24.3 Å². The van der Waals surface area contributed by atoms with Gasteiger partial charge in [0.05, 0.1) is 12.5 Å². The van der Waals surface area contributed by atoms with E-state index in [-0.39, 0.29) is 18.2 Å². The van der Waals surface area contributed by atoms with Crippen LogP contribution >= 0.6 is 0 Å². The third-order valence-corrected chi connectivity index (χ3v) is 5.30. The highest BCUT2D eigenvalue weighted by molar-refractivity contribution is 5.88. The van der Waals surface area contributed by atoms with Crippen LogP contribution in [0.2, 0.25) is 0 Å². The van der Waals surface area contributed by atoms with Crippen molar-refractivity contribution in [1.82, 2.24) is 4.90 Å². The number of benzene rings is 2. The van der Waals surface area contributed by atoms with E-state index in [1.165, 1.54) is 18.2 Å². The minimum absolute atomic E-state index is 0.0990. The third kappa shape index (κ3) is 5.05. The van der Waals surface area contributed by atoms with Gasteiger partial charge in [0, 0.05) is 26.8 Å². The molecule has 162 valence electrons. The number of rotatable bonds is 6. The van der Waals surface area contributed by atoms with Crippen LogP contribution in [0.4, 0.5) is 13.2 Å². The van der Waals surface area contributed by atoms with Crippen LogP contribution in [0.5, 0.6) is 11.5 Å². The Bertz CT molecular complexity index is 861. The fourth-order valence-electron chi connectivity index (χ4n) is 3.81. The lowest BCUT2D eigenvalue weighted by molar-refractivity contribution is -0.274. The molecule has 0 aliphatic carbocycles. The Morgan fingerprint density at radius 2 is 1.77 bits per heavy atom. The van der Waals surface area contributed by atoms with Crippen molar-refractivity contribution in [3.63, 3.8) is 0 Å². The smallest absolute Gasteiger partial charge is 0.497 e. The molecule has 0 unspecified atom stereocenters. The van der Waals surface area contributed by atoms with Crippen molar-refractivity contribution in [1.29, 1.82) is 0 Å². The lowest BCUT2D eigenvalue weighted by atomic mass is 9.73. The zero-order chi connectivity index (χ0) is 21.8. The van der Waals surface area contributed by atoms with Gasteiger partial charge in [0.15, 0.2) is 0 Å². The van der Waals surface area contributed by atoms with Crippen LogP contribution in [0.3, 0.4) is 0 Å². The molecule has 8 heteroatoms. The Morgan fingerprint density at radius 3 is 2.37 bits per heavy atom. The van der Waals surface area contributed by atoms with Crippen molar-refractivity contribution in [3.05, 3.63) is 59.7 Å². The van der Waals surface area contributed by atoms with Crippen LogP contribution in [0.25, 0.3) is 0 Å². The van der Waals surface area contributed by atoms with E-state index >= 15 is 0 Å². The molecular formula is C22H24F3NO4. The Labute approximate surface area is 173 Å². The molecule has 2 aromatic carbocycles. The van der Waals surface area contributed by atoms with Crippen molar-refractivity contribution in [2.24, 2.45) is 0 Å². The molecule has 1 aliphatic rings. The highest BCUT2D eigenvalue weighted by atomic mass is 19.4. The summed E-state index contributed by atoms with van der Waals surface area (Å²) in [4.78, 5) is 15.1. The second-order valence-corrected chi connectivity index (χ2v) is 7.28. The number of ether oxygens (including phenoxy) is 3. The number of nitrogens with zero attached hydrogens (tertiary/aromatic N) is 1. The molecule has 0 atom stereocenters. The van der Waals surface area contributed by atoms with Gasteiger partial charge in [-0.15, -0.1) is 13.2 Å². The molecule has 0 saturated carbocycles. The first-order valence-corrected chi connectivity index (χ1v) is 9.56. The summed E-state index contributed by atoms with van der Waals surface area (Å²) in [5.74, 6) is 0.290. The van der Waals surface area contributed by atoms with Gasteiger partial charge in [-0.05, 0) is 48.2 Å². The molecule has 0 aromatic heterocycles. The second kappa shape index (κ2) is 8.95. The van der Waals surface area contributed by atoms with Crippen LogP contribution in [0.1, 0.15) is 24.0 Å². The van der Waals surface area contributed by atoms with E-state index < -0.39 is 11.8 Å². The second-order valence-electron chi connectivity index (χ2n) is 7.28. The van der Waals surface area contributed by atoms with Gasteiger partial charge >= 0.3 is 6.36 Å². The normalized spacial score (nSPS) is 16.0. The maximum Gasteiger partial charge on any atom is 0.573 e. The van der Waals surface area contributed by atoms with E-state index in [4.69, 9.17) is 9.47 Å². The van der Waals surface area contributed by atoms with Crippen LogP contribution in [0, 0.1) is 0 Å². The van der Waals surface area contributed by atoms with Crippen LogP contribution in [0.15, 0.2) is 48.5 Å². The van der Waals surface area contributed by atoms with Crippen molar-refractivity contribution in [2.45, 2.75) is 31.2 Å². The molecular weight excluding hydrogens is 399 g/mol. The number of methoxy groups -OCH3 is 1. The molecule has 1 fully saturated rings. The molecule has 2 aromatic rings. The molecule has 5 nitrogen and oxygen atoms in total. The summed E-state index contributed by atoms with van der Waals surface area (Å²) in [7, 11) is 3.23. The van der Waals surface area contributed by atoms with E-state index in [1.54, 1.807) is 25.1 Å². The zero-order valence-corrected chi connectivity index (χ0v) is 16.9. The number of hydrogen-bond donors (Lipinski definition) is 0. The molecule has 0 N–H and O–H groups in total. The molecule has 1 aliphatic heterocycles. The summed E-state index contributed by atoms with van der Waals surface area (Å²) in [5, 5.41) is 0. The van der Waals surface area contributed by atoms with Crippen LogP contribution in [-0.2, 0) is 21.5 Å². The Morgan fingerprint density at radius 1 is 1.10 bits per heavy atom. The Kier molecular flexibility index (Phi) is 6.55. The summed E-state index contributed by atoms with van der Waals surface area (Å²) in [6.45, 7) is 1.08. The highest BCUT2D eigenvalue weighted by Gasteiger charge is 2.43. The molecule has 0 bridgehead atoms. The molecule has 3 rings (SSSR count). The SMILES string of the molecule is COc1ccc(C2(C(=O)N(C)Cc3cccc(OC(F)(F)F)c3)CCOCC2)cc1. The maximum absolute atomic E-state index is 13.5. The van der Waals surface area contributed by atoms with E-state index in [9.17, 15) is 18.0 Å². The lowest BCUT2D eigenvalue weighted by Gasteiger charge is -2.39. The summed E-state index contributed by atoms with van der Waals surface area (Å²) >= 11 is 0. The van der Waals surface area contributed by atoms with E-state index in [0.29, 0.717) is 37.4 Å². The first-order chi connectivity index (χ1) is 14.2. The monoisotopic (exact) mass is 423 g/mol. The largest absolute Gasteiger partial charge is 0.573 e. The molecule has 1 heterocycles. The highest BCUT2D eigenvalue weighted by Crippen LogP contribution is 2.37. The van der Waals surface area contributed by atoms with Gasteiger partial charge in [0.2, 0.25) is 5.91 Å². The van der Waals surface area contributed by atoms with E-state index in [0.717, 1.165) is 5.56 Å². The fraction of sp³-hybridized carbons (Fsp3) is 0.409. The van der Waals surface area contributed by atoms with Gasteiger partial charge in [-0.25, -0.2) is 0 Å². The lowest BCUT2D eigenvalue weighted by Crippen LogP contribution is -2.48. The number of carbonyl (C=O) groups is 1. The summed E-state index contributed by atoms with van der Waals surface area (Å²) in [6, 6.07) is 13.1. The molecule has 1 saturated heterocycles. The standard InChI is InChI=1S/C22H24F3NO4/c1-26(15-16-4-3-5-19(14-16)30-22(23,24)25)20(27)21(10-12-29-13-11-21)17-6-8-18(28-2)9-7-17/h3-9,14H,10-13,15H2,1-2H3. The van der Waals surface area contributed by atoms with Crippen molar-refractivity contribution in [3.8, 4) is 11.5 Å². The Balaban J connectivity index is 1.82. The molecule has 30 heavy (non-hydrogen) atoms. The number of carbonyl (C=O) groups excluding carboxylic acids is 1. The first kappa shape index (κ1) is 22.0. The minimum Gasteiger partial charge on any atom is -0.497 e. The summed E-state index contributed by atoms with van der Waals surface area (Å²) in [6.07, 6.45) is -3.71. The van der Waals surface area contributed by atoms with Gasteiger partial charge in [-0.2, -0.15) is 0 Å². The predicted molar refractivity (Wildman–Crippen MR) is 104 cm³/mol. The van der Waals surface area contributed by atoms with Gasteiger partial charge in [-0.3, -0.25) is 4.79 Å². The molecule has 0 spiro atoms. The number of hydrogen-bond acceptors (Lipinski definition) is 4. The van der Waals surface area contributed by atoms with Gasteiger partial charge in [0.25, 0.3) is 0 Å². The van der Waals surface area contributed by atoms with Gasteiger partial charge in [-0.1, -0.05) is 24.3 Å². The van der Waals surface area contributed by atoms with Crippen molar-refractivity contribution >= 4 is 5.91 Å². The average molecular weight is 423 g/mol.